The second-order valence-electron chi connectivity index (χ2n) is 4.21. The summed E-state index contributed by atoms with van der Waals surface area (Å²) in [6.45, 7) is 2.46. The first kappa shape index (κ1) is 15.3. The van der Waals surface area contributed by atoms with Gasteiger partial charge in [-0.15, -0.1) is 0 Å². The molecule has 1 aromatic carbocycles. The van der Waals surface area contributed by atoms with E-state index >= 15 is 0 Å². The number of nitrogens with one attached hydrogen (secondary N) is 1. The van der Waals surface area contributed by atoms with Crippen molar-refractivity contribution >= 4 is 23.6 Å². The molecule has 0 aliphatic rings. The SMILES string of the molecule is CCOc1ccc(NC(=O)/C=C/c2ccc([N+](=O)[O-])o2)cc1. The smallest absolute Gasteiger partial charge is 0.433 e. The molecule has 0 radical (unpaired) electrons. The first-order valence-electron chi connectivity index (χ1n) is 6.54. The minimum Gasteiger partial charge on any atom is -0.494 e. The van der Waals surface area contributed by atoms with Gasteiger partial charge in [0.15, 0.2) is 0 Å². The van der Waals surface area contributed by atoms with Crippen LogP contribution >= 0.6 is 0 Å². The number of nitrogens with zero attached hydrogens (tertiary/aromatic N) is 1. The first-order chi connectivity index (χ1) is 10.6. The molecule has 7 heteroatoms. The van der Waals surface area contributed by atoms with Gasteiger partial charge in [-0.25, -0.2) is 0 Å². The van der Waals surface area contributed by atoms with Crippen molar-refractivity contribution in [3.05, 3.63) is 58.3 Å². The van der Waals surface area contributed by atoms with Crippen molar-refractivity contribution < 1.29 is 18.9 Å². The molecular weight excluding hydrogens is 288 g/mol. The third kappa shape index (κ3) is 4.20. The molecule has 2 aromatic rings. The van der Waals surface area contributed by atoms with Gasteiger partial charge < -0.3 is 14.5 Å². The maximum Gasteiger partial charge on any atom is 0.433 e. The minimum absolute atomic E-state index is 0.230. The van der Waals surface area contributed by atoms with E-state index in [9.17, 15) is 14.9 Å². The van der Waals surface area contributed by atoms with Crippen molar-refractivity contribution in [3.63, 3.8) is 0 Å². The molecule has 0 spiro atoms. The summed E-state index contributed by atoms with van der Waals surface area (Å²) in [5.74, 6) is 0.210. The maximum atomic E-state index is 11.7. The predicted molar refractivity (Wildman–Crippen MR) is 80.6 cm³/mol. The summed E-state index contributed by atoms with van der Waals surface area (Å²) in [7, 11) is 0. The van der Waals surface area contributed by atoms with Crippen molar-refractivity contribution in [2.45, 2.75) is 6.92 Å². The lowest BCUT2D eigenvalue weighted by molar-refractivity contribution is -0.402. The van der Waals surface area contributed by atoms with Crippen LogP contribution < -0.4 is 10.1 Å². The molecule has 22 heavy (non-hydrogen) atoms. The zero-order valence-corrected chi connectivity index (χ0v) is 11.8. The van der Waals surface area contributed by atoms with E-state index in [-0.39, 0.29) is 17.6 Å². The molecular formula is C15H14N2O5. The van der Waals surface area contributed by atoms with Crippen LogP contribution in [0.2, 0.25) is 0 Å². The van der Waals surface area contributed by atoms with Gasteiger partial charge in [-0.3, -0.25) is 14.9 Å². The topological polar surface area (TPSA) is 94.6 Å². The van der Waals surface area contributed by atoms with E-state index < -0.39 is 4.92 Å². The Balaban J connectivity index is 1.93. The van der Waals surface area contributed by atoms with Crippen molar-refractivity contribution in [2.75, 3.05) is 11.9 Å². The van der Waals surface area contributed by atoms with E-state index in [0.717, 1.165) is 5.75 Å². The molecule has 1 heterocycles. The standard InChI is InChI=1S/C15H14N2O5/c1-2-21-12-5-3-11(4-6-12)16-14(18)9-7-13-8-10-15(22-13)17(19)20/h3-10H,2H2,1H3,(H,16,18)/b9-7+. The number of carbonyl (C=O) groups excluding carboxylic acids is 1. The second kappa shape index (κ2) is 7.07. The lowest BCUT2D eigenvalue weighted by Crippen LogP contribution is -2.07. The molecule has 114 valence electrons. The normalized spacial score (nSPS) is 10.6. The van der Waals surface area contributed by atoms with E-state index in [0.29, 0.717) is 12.3 Å². The summed E-state index contributed by atoms with van der Waals surface area (Å²) in [6.07, 6.45) is 2.59. The van der Waals surface area contributed by atoms with Gasteiger partial charge in [0.2, 0.25) is 5.91 Å². The Kier molecular flexibility index (Phi) is 4.92. The summed E-state index contributed by atoms with van der Waals surface area (Å²) in [4.78, 5) is 21.6. The predicted octanol–water partition coefficient (Wildman–Crippen LogP) is 3.24. The van der Waals surface area contributed by atoms with Gasteiger partial charge in [0, 0.05) is 11.8 Å². The number of hydrogen-bond donors (Lipinski definition) is 1. The van der Waals surface area contributed by atoms with Gasteiger partial charge in [0.25, 0.3) is 0 Å². The van der Waals surface area contributed by atoms with E-state index in [1.165, 1.54) is 24.3 Å². The van der Waals surface area contributed by atoms with Crippen molar-refractivity contribution in [2.24, 2.45) is 0 Å². The molecule has 0 saturated heterocycles. The molecule has 0 saturated carbocycles. The molecule has 0 unspecified atom stereocenters. The van der Waals surface area contributed by atoms with Crippen molar-refractivity contribution in [3.8, 4) is 5.75 Å². The summed E-state index contributed by atoms with van der Waals surface area (Å²) in [6, 6.07) is 9.57. The van der Waals surface area contributed by atoms with Crippen molar-refractivity contribution in [1.82, 2.24) is 0 Å². The fourth-order valence-corrected chi connectivity index (χ4v) is 1.67. The molecule has 0 aliphatic heterocycles. The number of carbonyl (C=O) groups is 1. The molecule has 7 nitrogen and oxygen atoms in total. The Labute approximate surface area is 126 Å². The number of amides is 1. The molecule has 0 atom stereocenters. The zero-order chi connectivity index (χ0) is 15.9. The van der Waals surface area contributed by atoms with Gasteiger partial charge in [-0.2, -0.15) is 0 Å². The molecule has 0 bridgehead atoms. The highest BCUT2D eigenvalue weighted by atomic mass is 16.6. The highest BCUT2D eigenvalue weighted by molar-refractivity contribution is 6.01. The average molecular weight is 302 g/mol. The number of nitro groups is 1. The Morgan fingerprint density at radius 3 is 2.64 bits per heavy atom. The first-order valence-corrected chi connectivity index (χ1v) is 6.54. The second-order valence-corrected chi connectivity index (χ2v) is 4.21. The monoisotopic (exact) mass is 302 g/mol. The van der Waals surface area contributed by atoms with Gasteiger partial charge in [0.05, 0.1) is 12.7 Å². The summed E-state index contributed by atoms with van der Waals surface area (Å²) >= 11 is 0. The van der Waals surface area contributed by atoms with Crippen LogP contribution in [-0.4, -0.2) is 17.4 Å². The average Bonchev–Trinajstić information content (AvgIpc) is 2.97. The van der Waals surface area contributed by atoms with Gasteiger partial charge >= 0.3 is 5.88 Å². The lowest BCUT2D eigenvalue weighted by atomic mass is 10.3. The van der Waals surface area contributed by atoms with Gasteiger partial charge in [-0.1, -0.05) is 0 Å². The fraction of sp³-hybridized carbons (Fsp3) is 0.133. The quantitative estimate of drug-likeness (QED) is 0.502. The van der Waals surface area contributed by atoms with E-state index in [2.05, 4.69) is 5.32 Å². The summed E-state index contributed by atoms with van der Waals surface area (Å²) in [5, 5.41) is 13.1. The highest BCUT2D eigenvalue weighted by Crippen LogP contribution is 2.17. The Hall–Kier alpha value is -3.09. The molecule has 1 N–H and O–H groups in total. The molecule has 1 aromatic heterocycles. The molecule has 1 amide bonds. The molecule has 0 aliphatic carbocycles. The van der Waals surface area contributed by atoms with Crippen LogP contribution in [0.25, 0.3) is 6.08 Å². The van der Waals surface area contributed by atoms with Crippen LogP contribution in [0.5, 0.6) is 5.75 Å². The van der Waals surface area contributed by atoms with Crippen LogP contribution in [0.4, 0.5) is 11.6 Å². The third-order valence-electron chi connectivity index (χ3n) is 2.62. The summed E-state index contributed by atoms with van der Waals surface area (Å²) in [5.41, 5.74) is 0.614. The lowest BCUT2D eigenvalue weighted by Gasteiger charge is -2.05. The number of furan rings is 1. The van der Waals surface area contributed by atoms with E-state index in [4.69, 9.17) is 9.15 Å². The van der Waals surface area contributed by atoms with Crippen LogP contribution in [0.15, 0.2) is 46.9 Å². The van der Waals surface area contributed by atoms with E-state index in [1.807, 2.05) is 6.92 Å². The van der Waals surface area contributed by atoms with Crippen LogP contribution in [0.1, 0.15) is 12.7 Å². The third-order valence-corrected chi connectivity index (χ3v) is 2.62. The van der Waals surface area contributed by atoms with Gasteiger partial charge in [0.1, 0.15) is 16.4 Å². The zero-order valence-electron chi connectivity index (χ0n) is 11.8. The van der Waals surface area contributed by atoms with Crippen LogP contribution in [-0.2, 0) is 4.79 Å². The number of ether oxygens (including phenoxy) is 1. The molecule has 0 fully saturated rings. The summed E-state index contributed by atoms with van der Waals surface area (Å²) < 4.78 is 10.2. The molecule has 2 rings (SSSR count). The number of rotatable bonds is 6. The van der Waals surface area contributed by atoms with Crippen molar-refractivity contribution in [1.29, 1.82) is 0 Å². The van der Waals surface area contributed by atoms with E-state index in [1.54, 1.807) is 24.3 Å². The Morgan fingerprint density at radius 2 is 2.05 bits per heavy atom. The van der Waals surface area contributed by atoms with Crippen LogP contribution in [0, 0.1) is 10.1 Å². The fourth-order valence-electron chi connectivity index (χ4n) is 1.67. The minimum atomic E-state index is -0.642. The Bertz CT molecular complexity index is 688. The van der Waals surface area contributed by atoms with Crippen LogP contribution in [0.3, 0.4) is 0 Å². The number of anilines is 1. The highest BCUT2D eigenvalue weighted by Gasteiger charge is 2.10. The van der Waals surface area contributed by atoms with Gasteiger partial charge in [-0.05, 0) is 43.3 Å². The number of benzene rings is 1. The maximum absolute atomic E-state index is 11.7. The number of hydrogen-bond acceptors (Lipinski definition) is 5. The Morgan fingerprint density at radius 1 is 1.32 bits per heavy atom. The largest absolute Gasteiger partial charge is 0.494 e.